The van der Waals surface area contributed by atoms with Crippen LogP contribution in [0, 0.1) is 24.0 Å². The van der Waals surface area contributed by atoms with E-state index in [1.54, 1.807) is 11.8 Å². The van der Waals surface area contributed by atoms with E-state index in [0.717, 1.165) is 19.6 Å². The summed E-state index contributed by atoms with van der Waals surface area (Å²) in [5, 5.41) is 14.9. The van der Waals surface area contributed by atoms with Crippen LogP contribution in [0.2, 0.25) is 0 Å². The van der Waals surface area contributed by atoms with Gasteiger partial charge in [-0.15, -0.1) is 0 Å². The van der Waals surface area contributed by atoms with Crippen molar-refractivity contribution in [1.29, 1.82) is 0 Å². The maximum Gasteiger partial charge on any atom is 0.404 e. The number of aromatic nitrogens is 2. The molecule has 0 aliphatic carbocycles. The monoisotopic (exact) mass is 435 g/mol. The molecule has 144 valence electrons. The fourth-order valence-corrected chi connectivity index (χ4v) is 3.62. The fraction of sp³-hybridized carbons (Fsp3) is 0.444. The second kappa shape index (κ2) is 8.18. The van der Waals surface area contributed by atoms with E-state index in [9.17, 15) is 14.9 Å². The minimum absolute atomic E-state index is 0.00999. The van der Waals surface area contributed by atoms with Gasteiger partial charge in [-0.05, 0) is 45.8 Å². The Morgan fingerprint density at radius 3 is 2.48 bits per heavy atom. The number of rotatable bonds is 5. The lowest BCUT2D eigenvalue weighted by atomic mass is 10.1. The number of halogens is 1. The van der Waals surface area contributed by atoms with Gasteiger partial charge in [0.15, 0.2) is 0 Å². The number of nitro groups is 1. The van der Waals surface area contributed by atoms with E-state index in [1.807, 2.05) is 12.1 Å². The molecular formula is C18H22BrN5O3. The lowest BCUT2D eigenvalue weighted by molar-refractivity contribution is -0.390. The summed E-state index contributed by atoms with van der Waals surface area (Å²) in [5.41, 5.74) is 3.16. The van der Waals surface area contributed by atoms with Crippen molar-refractivity contribution in [2.45, 2.75) is 26.9 Å². The Balaban J connectivity index is 1.57. The molecule has 0 radical (unpaired) electrons. The Morgan fingerprint density at radius 1 is 1.22 bits per heavy atom. The number of carbonyl (C=O) groups excluding carboxylic acids is 1. The van der Waals surface area contributed by atoms with Gasteiger partial charge in [0.1, 0.15) is 11.0 Å². The smallest absolute Gasteiger partial charge is 0.358 e. The maximum atomic E-state index is 12.6. The van der Waals surface area contributed by atoms with E-state index in [0.29, 0.717) is 23.3 Å². The number of amides is 1. The molecule has 1 aromatic heterocycles. The molecule has 3 rings (SSSR count). The number of benzene rings is 1. The third-order valence-corrected chi connectivity index (χ3v) is 5.88. The van der Waals surface area contributed by atoms with Crippen LogP contribution in [0.5, 0.6) is 0 Å². The van der Waals surface area contributed by atoms with Gasteiger partial charge in [-0.25, -0.2) is 0 Å². The van der Waals surface area contributed by atoms with Crippen LogP contribution in [0.4, 0.5) is 5.82 Å². The lowest BCUT2D eigenvalue weighted by Crippen LogP contribution is -2.49. The molecule has 0 atom stereocenters. The molecule has 0 N–H and O–H groups in total. The molecule has 1 fully saturated rings. The molecule has 0 spiro atoms. The van der Waals surface area contributed by atoms with Crippen molar-refractivity contribution in [2.24, 2.45) is 0 Å². The van der Waals surface area contributed by atoms with Crippen molar-refractivity contribution in [1.82, 2.24) is 19.6 Å². The summed E-state index contributed by atoms with van der Waals surface area (Å²) in [6.07, 6.45) is 0. The van der Waals surface area contributed by atoms with Crippen LogP contribution < -0.4 is 0 Å². The van der Waals surface area contributed by atoms with E-state index in [4.69, 9.17) is 0 Å². The predicted molar refractivity (Wildman–Crippen MR) is 104 cm³/mol. The van der Waals surface area contributed by atoms with E-state index in [2.05, 4.69) is 45.0 Å². The topological polar surface area (TPSA) is 84.5 Å². The van der Waals surface area contributed by atoms with Crippen molar-refractivity contribution in [3.8, 4) is 0 Å². The van der Waals surface area contributed by atoms with Gasteiger partial charge in [0.25, 0.3) is 0 Å². The summed E-state index contributed by atoms with van der Waals surface area (Å²) in [6, 6.07) is 8.33. The van der Waals surface area contributed by atoms with Gasteiger partial charge in [0, 0.05) is 32.7 Å². The van der Waals surface area contributed by atoms with Gasteiger partial charge in [0.05, 0.1) is 10.8 Å². The summed E-state index contributed by atoms with van der Waals surface area (Å²) < 4.78 is 1.72. The molecular weight excluding hydrogens is 414 g/mol. The molecule has 2 heterocycles. The van der Waals surface area contributed by atoms with Crippen LogP contribution in [0.15, 0.2) is 28.7 Å². The lowest BCUT2D eigenvalue weighted by Gasteiger charge is -2.34. The minimum Gasteiger partial charge on any atom is -0.358 e. The quantitative estimate of drug-likeness (QED) is 0.531. The Kier molecular flexibility index (Phi) is 5.91. The predicted octanol–water partition coefficient (Wildman–Crippen LogP) is 2.52. The highest BCUT2D eigenvalue weighted by Crippen LogP contribution is 2.27. The zero-order valence-corrected chi connectivity index (χ0v) is 17.0. The van der Waals surface area contributed by atoms with Gasteiger partial charge in [-0.2, -0.15) is 4.68 Å². The maximum absolute atomic E-state index is 12.6. The van der Waals surface area contributed by atoms with Crippen molar-refractivity contribution >= 4 is 27.7 Å². The van der Waals surface area contributed by atoms with Crippen LogP contribution >= 0.6 is 15.9 Å². The van der Waals surface area contributed by atoms with Gasteiger partial charge in [-0.3, -0.25) is 9.69 Å². The standard InChI is InChI=1S/C18H22BrN5O3/c1-13-5-3-4-6-15(13)11-21-7-9-22(10-8-21)16(25)12-23-14(2)17(19)18(20-23)24(26)27/h3-6H,7-12H2,1-2H3. The SMILES string of the molecule is Cc1ccccc1CN1CCN(C(=O)Cn2nc([N+](=O)[O-])c(Br)c2C)CC1. The first-order valence-electron chi connectivity index (χ1n) is 8.78. The fourth-order valence-electron chi connectivity index (χ4n) is 3.19. The van der Waals surface area contributed by atoms with E-state index >= 15 is 0 Å². The first-order valence-corrected chi connectivity index (χ1v) is 9.58. The van der Waals surface area contributed by atoms with Gasteiger partial charge >= 0.3 is 5.82 Å². The van der Waals surface area contributed by atoms with E-state index in [1.165, 1.54) is 15.8 Å². The average Bonchev–Trinajstić information content (AvgIpc) is 2.93. The highest BCUT2D eigenvalue weighted by molar-refractivity contribution is 9.10. The number of hydrogen-bond donors (Lipinski definition) is 0. The third kappa shape index (κ3) is 4.36. The number of carbonyl (C=O) groups is 1. The van der Waals surface area contributed by atoms with E-state index in [-0.39, 0.29) is 18.3 Å². The molecule has 0 unspecified atom stereocenters. The second-order valence-electron chi connectivity index (χ2n) is 6.72. The summed E-state index contributed by atoms with van der Waals surface area (Å²) in [7, 11) is 0. The molecule has 27 heavy (non-hydrogen) atoms. The van der Waals surface area contributed by atoms with Crippen molar-refractivity contribution in [3.05, 3.63) is 55.7 Å². The molecule has 1 aliphatic rings. The Hall–Kier alpha value is -2.26. The number of aryl methyl sites for hydroxylation is 1. The summed E-state index contributed by atoms with van der Waals surface area (Å²) in [4.78, 5) is 27.2. The van der Waals surface area contributed by atoms with Crippen LogP contribution in [0.1, 0.15) is 16.8 Å². The van der Waals surface area contributed by atoms with Crippen molar-refractivity contribution in [3.63, 3.8) is 0 Å². The molecule has 2 aromatic rings. The first-order chi connectivity index (χ1) is 12.9. The van der Waals surface area contributed by atoms with Crippen molar-refractivity contribution in [2.75, 3.05) is 26.2 Å². The zero-order valence-electron chi connectivity index (χ0n) is 15.4. The number of piperazine rings is 1. The summed E-state index contributed by atoms with van der Waals surface area (Å²) in [5.74, 6) is -0.332. The summed E-state index contributed by atoms with van der Waals surface area (Å²) in [6.45, 7) is 7.62. The highest BCUT2D eigenvalue weighted by atomic mass is 79.9. The highest BCUT2D eigenvalue weighted by Gasteiger charge is 2.27. The molecule has 1 saturated heterocycles. The van der Waals surface area contributed by atoms with E-state index < -0.39 is 4.92 Å². The average molecular weight is 436 g/mol. The molecule has 0 bridgehead atoms. The van der Waals surface area contributed by atoms with Crippen LogP contribution in [-0.4, -0.2) is 56.6 Å². The van der Waals surface area contributed by atoms with Crippen LogP contribution in [0.25, 0.3) is 0 Å². The van der Waals surface area contributed by atoms with Gasteiger partial charge < -0.3 is 15.0 Å². The van der Waals surface area contributed by atoms with Gasteiger partial charge in [-0.1, -0.05) is 24.3 Å². The molecule has 8 nitrogen and oxygen atoms in total. The Bertz CT molecular complexity index is 859. The normalized spacial score (nSPS) is 15.1. The zero-order chi connectivity index (χ0) is 19.6. The third-order valence-electron chi connectivity index (χ3n) is 4.95. The minimum atomic E-state index is -0.553. The Morgan fingerprint density at radius 2 is 1.89 bits per heavy atom. The van der Waals surface area contributed by atoms with Crippen molar-refractivity contribution < 1.29 is 9.72 Å². The molecule has 1 aliphatic heterocycles. The molecule has 1 amide bonds. The second-order valence-corrected chi connectivity index (χ2v) is 7.51. The van der Waals surface area contributed by atoms with Gasteiger partial charge in [0.2, 0.25) is 5.91 Å². The molecule has 1 aromatic carbocycles. The van der Waals surface area contributed by atoms with Crippen LogP contribution in [-0.2, 0) is 17.9 Å². The largest absolute Gasteiger partial charge is 0.404 e. The number of nitrogens with zero attached hydrogens (tertiary/aromatic N) is 5. The first kappa shape index (κ1) is 19.5. The summed E-state index contributed by atoms with van der Waals surface area (Å²) >= 11 is 3.18. The van der Waals surface area contributed by atoms with Crippen LogP contribution in [0.3, 0.4) is 0 Å². The molecule has 9 heteroatoms. The molecule has 0 saturated carbocycles. The Labute approximate surface area is 166 Å². The number of hydrogen-bond acceptors (Lipinski definition) is 5.